The molecule has 1 fully saturated rings. The van der Waals surface area contributed by atoms with Gasteiger partial charge in [-0.3, -0.25) is 4.79 Å². The normalized spacial score (nSPS) is 15.2. The van der Waals surface area contributed by atoms with Crippen molar-refractivity contribution in [3.63, 3.8) is 0 Å². The summed E-state index contributed by atoms with van der Waals surface area (Å²) in [6.07, 6.45) is 6.38. The Morgan fingerprint density at radius 3 is 2.61 bits per heavy atom. The van der Waals surface area contributed by atoms with Crippen molar-refractivity contribution < 1.29 is 13.2 Å². The van der Waals surface area contributed by atoms with E-state index in [0.29, 0.717) is 11.4 Å². The molecule has 1 aromatic heterocycles. The lowest BCUT2D eigenvalue weighted by atomic mass is 9.96. The minimum Gasteiger partial charge on any atom is -0.320 e. The smallest absolute Gasteiger partial charge is 0.255 e. The van der Waals surface area contributed by atoms with Crippen LogP contribution in [0.3, 0.4) is 0 Å². The number of nitrogens with one attached hydrogen (secondary N) is 1. The van der Waals surface area contributed by atoms with Gasteiger partial charge in [-0.1, -0.05) is 37.5 Å². The number of anilines is 1. The van der Waals surface area contributed by atoms with E-state index >= 15 is 0 Å². The number of carbonyl (C=O) groups is 1. The molecule has 0 atom stereocenters. The Kier molecular flexibility index (Phi) is 6.10. The number of nitrogens with zero attached hydrogens (tertiary/aromatic N) is 5. The first-order valence-corrected chi connectivity index (χ1v) is 11.6. The number of aromatic nitrogens is 4. The molecule has 1 N–H and O–H groups in total. The second-order valence-corrected chi connectivity index (χ2v) is 9.56. The highest BCUT2D eigenvalue weighted by Crippen LogP contribution is 2.27. The van der Waals surface area contributed by atoms with Crippen LogP contribution >= 0.6 is 0 Å². The highest BCUT2D eigenvalue weighted by Gasteiger charge is 2.29. The fourth-order valence-electron chi connectivity index (χ4n) is 3.85. The molecule has 0 radical (unpaired) electrons. The minimum atomic E-state index is -3.69. The lowest BCUT2D eigenvalue weighted by Crippen LogP contribution is -2.38. The molecule has 1 saturated carbocycles. The maximum absolute atomic E-state index is 13.1. The maximum atomic E-state index is 13.1. The average Bonchev–Trinajstić information content (AvgIpc) is 3.34. The number of hydrogen-bond acceptors (Lipinski definition) is 6. The maximum Gasteiger partial charge on any atom is 0.255 e. The van der Waals surface area contributed by atoms with Gasteiger partial charge in [0.15, 0.2) is 0 Å². The summed E-state index contributed by atoms with van der Waals surface area (Å²) in [5.41, 5.74) is 1.36. The molecule has 9 nitrogen and oxygen atoms in total. The van der Waals surface area contributed by atoms with Crippen LogP contribution in [0.25, 0.3) is 5.69 Å². The van der Waals surface area contributed by atoms with E-state index in [1.165, 1.54) is 27.4 Å². The standard InChI is InChI=1S/C21H24N6O3S/c1-26(17-9-3-2-4-10-17)31(29,30)18-11-7-8-16(14-18)21(28)23-19-12-5-6-13-20(19)27-15-22-24-25-27/h5-8,11-15,17H,2-4,9-10H2,1H3,(H,23,28). The molecular weight excluding hydrogens is 416 g/mol. The molecule has 3 aromatic rings. The van der Waals surface area contributed by atoms with E-state index in [9.17, 15) is 13.2 Å². The van der Waals surface area contributed by atoms with Crippen LogP contribution in [0.2, 0.25) is 0 Å². The van der Waals surface area contributed by atoms with E-state index < -0.39 is 15.9 Å². The van der Waals surface area contributed by atoms with Crippen LogP contribution in [0, 0.1) is 0 Å². The molecule has 1 amide bonds. The van der Waals surface area contributed by atoms with Crippen LogP contribution in [0.4, 0.5) is 5.69 Å². The van der Waals surface area contributed by atoms with E-state index in [2.05, 4.69) is 20.8 Å². The molecule has 0 saturated heterocycles. The number of benzene rings is 2. The largest absolute Gasteiger partial charge is 0.320 e. The molecule has 162 valence electrons. The van der Waals surface area contributed by atoms with E-state index in [0.717, 1.165) is 32.1 Å². The minimum absolute atomic E-state index is 0.000556. The van der Waals surface area contributed by atoms with Crippen molar-refractivity contribution in [2.75, 3.05) is 12.4 Å². The van der Waals surface area contributed by atoms with Gasteiger partial charge in [0.05, 0.1) is 16.3 Å². The van der Waals surface area contributed by atoms with E-state index in [4.69, 9.17) is 0 Å². The molecule has 4 rings (SSSR count). The van der Waals surface area contributed by atoms with Gasteiger partial charge in [0, 0.05) is 18.7 Å². The Morgan fingerprint density at radius 1 is 1.10 bits per heavy atom. The quantitative estimate of drug-likeness (QED) is 0.631. The summed E-state index contributed by atoms with van der Waals surface area (Å²) in [7, 11) is -2.06. The Hall–Kier alpha value is -3.11. The number of rotatable bonds is 6. The Balaban J connectivity index is 1.57. The van der Waals surface area contributed by atoms with Crippen molar-refractivity contribution in [2.45, 2.75) is 43.0 Å². The number of carbonyl (C=O) groups excluding carboxylic acids is 1. The lowest BCUT2D eigenvalue weighted by molar-refractivity contribution is 0.102. The summed E-state index contributed by atoms with van der Waals surface area (Å²) in [6.45, 7) is 0. The van der Waals surface area contributed by atoms with Crippen molar-refractivity contribution in [2.24, 2.45) is 0 Å². The third-order valence-electron chi connectivity index (χ3n) is 5.61. The third-order valence-corrected chi connectivity index (χ3v) is 7.52. The molecule has 2 aromatic carbocycles. The zero-order valence-electron chi connectivity index (χ0n) is 17.2. The third kappa shape index (κ3) is 4.49. The van der Waals surface area contributed by atoms with Crippen molar-refractivity contribution in [3.8, 4) is 5.69 Å². The van der Waals surface area contributed by atoms with Gasteiger partial charge >= 0.3 is 0 Å². The molecule has 0 spiro atoms. The first-order valence-electron chi connectivity index (χ1n) is 10.2. The van der Waals surface area contributed by atoms with Crippen LogP contribution in [0.5, 0.6) is 0 Å². The Morgan fingerprint density at radius 2 is 1.87 bits per heavy atom. The van der Waals surface area contributed by atoms with Crippen LogP contribution in [0.1, 0.15) is 42.5 Å². The zero-order valence-corrected chi connectivity index (χ0v) is 18.0. The summed E-state index contributed by atoms with van der Waals surface area (Å²) in [5.74, 6) is -0.419. The second kappa shape index (κ2) is 8.94. The molecule has 0 unspecified atom stereocenters. The predicted molar refractivity (Wildman–Crippen MR) is 115 cm³/mol. The van der Waals surface area contributed by atoms with Crippen molar-refractivity contribution >= 4 is 21.6 Å². The monoisotopic (exact) mass is 440 g/mol. The number of para-hydroxylation sites is 2. The zero-order chi connectivity index (χ0) is 21.8. The first-order chi connectivity index (χ1) is 15.0. The van der Waals surface area contributed by atoms with Crippen LogP contribution in [-0.4, -0.2) is 51.9 Å². The van der Waals surface area contributed by atoms with Gasteiger partial charge in [-0.2, -0.15) is 8.99 Å². The Labute approximate surface area is 181 Å². The molecule has 1 heterocycles. The summed E-state index contributed by atoms with van der Waals surface area (Å²) in [6, 6.07) is 13.2. The molecule has 0 bridgehead atoms. The lowest BCUT2D eigenvalue weighted by Gasteiger charge is -2.30. The number of amides is 1. The van der Waals surface area contributed by atoms with Crippen LogP contribution < -0.4 is 5.32 Å². The number of tetrazole rings is 1. The molecule has 1 aliphatic carbocycles. The van der Waals surface area contributed by atoms with Gasteiger partial charge in [0.2, 0.25) is 10.0 Å². The van der Waals surface area contributed by atoms with Gasteiger partial charge in [-0.15, -0.1) is 5.10 Å². The van der Waals surface area contributed by atoms with Crippen molar-refractivity contribution in [1.29, 1.82) is 0 Å². The van der Waals surface area contributed by atoms with Crippen LogP contribution in [-0.2, 0) is 10.0 Å². The van der Waals surface area contributed by atoms with Gasteiger partial charge < -0.3 is 5.32 Å². The van der Waals surface area contributed by atoms with Gasteiger partial charge in [-0.25, -0.2) is 8.42 Å². The number of sulfonamides is 1. The van der Waals surface area contributed by atoms with E-state index in [1.807, 2.05) is 0 Å². The summed E-state index contributed by atoms with van der Waals surface area (Å²) < 4.78 is 29.2. The fraction of sp³-hybridized carbons (Fsp3) is 0.333. The topological polar surface area (TPSA) is 110 Å². The molecule has 0 aliphatic heterocycles. The summed E-state index contributed by atoms with van der Waals surface area (Å²) in [4.78, 5) is 13.0. The first kappa shape index (κ1) is 21.1. The van der Waals surface area contributed by atoms with E-state index in [-0.39, 0.29) is 16.5 Å². The summed E-state index contributed by atoms with van der Waals surface area (Å²) in [5, 5.41) is 13.9. The average molecular weight is 441 g/mol. The highest BCUT2D eigenvalue weighted by atomic mass is 32.2. The molecule has 31 heavy (non-hydrogen) atoms. The molecule has 1 aliphatic rings. The molecular formula is C21H24N6O3S. The van der Waals surface area contributed by atoms with Gasteiger partial charge in [0.1, 0.15) is 6.33 Å². The fourth-order valence-corrected chi connectivity index (χ4v) is 5.31. The van der Waals surface area contributed by atoms with Gasteiger partial charge in [0.25, 0.3) is 5.91 Å². The summed E-state index contributed by atoms with van der Waals surface area (Å²) >= 11 is 0. The van der Waals surface area contributed by atoms with Gasteiger partial charge in [-0.05, 0) is 53.6 Å². The van der Waals surface area contributed by atoms with Crippen LogP contribution in [0.15, 0.2) is 59.8 Å². The van der Waals surface area contributed by atoms with Crippen molar-refractivity contribution in [3.05, 3.63) is 60.4 Å². The predicted octanol–water partition coefficient (Wildman–Crippen LogP) is 2.87. The highest BCUT2D eigenvalue weighted by molar-refractivity contribution is 7.89. The number of hydrogen-bond donors (Lipinski definition) is 1. The molecule has 10 heteroatoms. The second-order valence-electron chi connectivity index (χ2n) is 7.57. The van der Waals surface area contributed by atoms with Crippen molar-refractivity contribution in [1.82, 2.24) is 24.5 Å². The SMILES string of the molecule is CN(C1CCCCC1)S(=O)(=O)c1cccc(C(=O)Nc2ccccc2-n2cnnn2)c1. The Bertz CT molecular complexity index is 1160. The van der Waals surface area contributed by atoms with E-state index in [1.54, 1.807) is 43.4 Å².